The maximum atomic E-state index is 12.3. The quantitative estimate of drug-likeness (QED) is 0.658. The van der Waals surface area contributed by atoms with Crippen molar-refractivity contribution in [2.75, 3.05) is 39.4 Å². The minimum Gasteiger partial charge on any atom is -0.496 e. The summed E-state index contributed by atoms with van der Waals surface area (Å²) in [4.78, 5) is 24.1. The molecule has 1 aliphatic heterocycles. The fourth-order valence-corrected chi connectivity index (χ4v) is 4.25. The molecular weight excluding hydrogens is 366 g/mol. The van der Waals surface area contributed by atoms with Gasteiger partial charge in [0.2, 0.25) is 0 Å². The third kappa shape index (κ3) is 4.78. The van der Waals surface area contributed by atoms with E-state index in [0.717, 1.165) is 0 Å². The molecule has 0 saturated carbocycles. The Hall–Kier alpha value is -2.49. The molecule has 0 aliphatic carbocycles. The van der Waals surface area contributed by atoms with E-state index >= 15 is 0 Å². The highest BCUT2D eigenvalue weighted by molar-refractivity contribution is 7.91. The van der Waals surface area contributed by atoms with Gasteiger partial charge < -0.3 is 24.3 Å². The first-order chi connectivity index (χ1) is 12.3. The third-order valence-corrected chi connectivity index (χ3v) is 5.63. The molecule has 1 atom stereocenters. The summed E-state index contributed by atoms with van der Waals surface area (Å²) in [5.74, 6) is -0.523. The largest absolute Gasteiger partial charge is 0.496 e. The van der Waals surface area contributed by atoms with Crippen LogP contribution in [0.15, 0.2) is 12.1 Å². The molecule has 144 valence electrons. The van der Waals surface area contributed by atoms with Gasteiger partial charge in [-0.3, -0.25) is 4.79 Å². The van der Waals surface area contributed by atoms with Gasteiger partial charge in [0.05, 0.1) is 32.8 Å². The lowest BCUT2D eigenvalue weighted by atomic mass is 10.1. The minimum absolute atomic E-state index is 0.0422. The van der Waals surface area contributed by atoms with Crippen molar-refractivity contribution < 1.29 is 37.0 Å². The van der Waals surface area contributed by atoms with Crippen molar-refractivity contribution in [1.82, 2.24) is 5.32 Å². The van der Waals surface area contributed by atoms with Crippen molar-refractivity contribution in [3.8, 4) is 17.2 Å². The average molecular weight is 387 g/mol. The van der Waals surface area contributed by atoms with Crippen LogP contribution in [0.1, 0.15) is 16.8 Å². The highest BCUT2D eigenvalue weighted by atomic mass is 32.2. The maximum absolute atomic E-state index is 12.3. The lowest BCUT2D eigenvalue weighted by Gasteiger charge is -2.14. The van der Waals surface area contributed by atoms with Gasteiger partial charge in [-0.05, 0) is 6.42 Å². The lowest BCUT2D eigenvalue weighted by Crippen LogP contribution is -2.38. The molecule has 1 aromatic rings. The normalized spacial score (nSPS) is 18.0. The maximum Gasteiger partial charge on any atom is 0.342 e. The number of benzene rings is 1. The van der Waals surface area contributed by atoms with E-state index in [2.05, 4.69) is 5.32 Å². The molecule has 1 aliphatic rings. The number of carbonyl (C=O) groups excluding carboxylic acids is 2. The molecule has 1 aromatic carbocycles. The van der Waals surface area contributed by atoms with Gasteiger partial charge in [0.1, 0.15) is 11.3 Å². The molecule has 0 aromatic heterocycles. The molecule has 9 nitrogen and oxygen atoms in total. The Morgan fingerprint density at radius 2 is 1.69 bits per heavy atom. The molecule has 2 rings (SSSR count). The van der Waals surface area contributed by atoms with Gasteiger partial charge in [0, 0.05) is 18.2 Å². The fraction of sp³-hybridized carbons (Fsp3) is 0.500. The summed E-state index contributed by atoms with van der Waals surface area (Å²) in [5.41, 5.74) is 0.0707. The van der Waals surface area contributed by atoms with Crippen molar-refractivity contribution in [3.63, 3.8) is 0 Å². The molecule has 1 N–H and O–H groups in total. The highest BCUT2D eigenvalue weighted by Crippen LogP contribution is 2.34. The van der Waals surface area contributed by atoms with Gasteiger partial charge in [0.25, 0.3) is 5.91 Å². The Morgan fingerprint density at radius 1 is 1.08 bits per heavy atom. The van der Waals surface area contributed by atoms with E-state index in [1.807, 2.05) is 0 Å². The zero-order valence-electron chi connectivity index (χ0n) is 14.7. The molecule has 1 fully saturated rings. The molecule has 0 spiro atoms. The Kier molecular flexibility index (Phi) is 6.30. The zero-order chi connectivity index (χ0) is 19.3. The molecule has 1 amide bonds. The molecule has 1 unspecified atom stereocenters. The van der Waals surface area contributed by atoms with E-state index in [-0.39, 0.29) is 22.8 Å². The van der Waals surface area contributed by atoms with E-state index < -0.39 is 34.4 Å². The van der Waals surface area contributed by atoms with Crippen molar-refractivity contribution in [1.29, 1.82) is 0 Å². The molecular formula is C16H21NO8S. The number of ether oxygens (including phenoxy) is 4. The number of sulfone groups is 1. The SMILES string of the molecule is COc1cc(OC)c(C(=O)OCC(=O)NC2CCS(=O)(=O)C2)cc1OC. The summed E-state index contributed by atoms with van der Waals surface area (Å²) in [5, 5.41) is 2.54. The van der Waals surface area contributed by atoms with Gasteiger partial charge in [-0.15, -0.1) is 0 Å². The van der Waals surface area contributed by atoms with E-state index in [4.69, 9.17) is 18.9 Å². The van der Waals surface area contributed by atoms with Crippen LogP contribution < -0.4 is 19.5 Å². The molecule has 0 radical (unpaired) electrons. The zero-order valence-corrected chi connectivity index (χ0v) is 15.6. The summed E-state index contributed by atoms with van der Waals surface area (Å²) in [6.45, 7) is -0.535. The van der Waals surface area contributed by atoms with Crippen LogP contribution in [-0.4, -0.2) is 65.8 Å². The second-order valence-electron chi connectivity index (χ2n) is 5.65. The van der Waals surface area contributed by atoms with Crippen LogP contribution in [-0.2, 0) is 19.4 Å². The Balaban J connectivity index is 2.00. The van der Waals surface area contributed by atoms with Crippen LogP contribution in [0.2, 0.25) is 0 Å². The summed E-state index contributed by atoms with van der Waals surface area (Å²) in [6, 6.07) is 2.40. The number of carbonyl (C=O) groups is 2. The van der Waals surface area contributed by atoms with Gasteiger partial charge >= 0.3 is 5.97 Å². The second-order valence-corrected chi connectivity index (χ2v) is 7.88. The monoisotopic (exact) mass is 387 g/mol. The van der Waals surface area contributed by atoms with Crippen LogP contribution in [0.3, 0.4) is 0 Å². The number of hydrogen-bond acceptors (Lipinski definition) is 8. The van der Waals surface area contributed by atoms with Crippen LogP contribution in [0.4, 0.5) is 0 Å². The molecule has 10 heteroatoms. The first-order valence-electron chi connectivity index (χ1n) is 7.76. The number of rotatable bonds is 7. The van der Waals surface area contributed by atoms with E-state index in [9.17, 15) is 18.0 Å². The topological polar surface area (TPSA) is 117 Å². The average Bonchev–Trinajstić information content (AvgIpc) is 2.96. The summed E-state index contributed by atoms with van der Waals surface area (Å²) >= 11 is 0. The van der Waals surface area contributed by atoms with E-state index in [1.54, 1.807) is 0 Å². The Labute approximate surface area is 151 Å². The standard InChI is InChI=1S/C16H21NO8S/c1-22-12-7-14(24-3)13(23-2)6-11(12)16(19)25-8-15(18)17-10-4-5-26(20,21)9-10/h6-7,10H,4-5,8-9H2,1-3H3,(H,17,18). The van der Waals surface area contributed by atoms with Crippen LogP contribution >= 0.6 is 0 Å². The van der Waals surface area contributed by atoms with E-state index in [1.165, 1.54) is 33.5 Å². The first-order valence-corrected chi connectivity index (χ1v) is 9.58. The number of nitrogens with one attached hydrogen (secondary N) is 1. The number of methoxy groups -OCH3 is 3. The lowest BCUT2D eigenvalue weighted by molar-refractivity contribution is -0.124. The van der Waals surface area contributed by atoms with Gasteiger partial charge in [-0.1, -0.05) is 0 Å². The molecule has 26 heavy (non-hydrogen) atoms. The predicted molar refractivity (Wildman–Crippen MR) is 91.6 cm³/mol. The summed E-state index contributed by atoms with van der Waals surface area (Å²) in [6.07, 6.45) is 0.353. The third-order valence-electron chi connectivity index (χ3n) is 3.86. The summed E-state index contributed by atoms with van der Waals surface area (Å²) in [7, 11) is 1.14. The number of esters is 1. The number of hydrogen-bond donors (Lipinski definition) is 1. The molecule has 1 heterocycles. The Morgan fingerprint density at radius 3 is 2.23 bits per heavy atom. The molecule has 1 saturated heterocycles. The van der Waals surface area contributed by atoms with Crippen molar-refractivity contribution in [2.24, 2.45) is 0 Å². The van der Waals surface area contributed by atoms with Crippen LogP contribution in [0.5, 0.6) is 17.2 Å². The van der Waals surface area contributed by atoms with Gasteiger partial charge in [-0.25, -0.2) is 13.2 Å². The first kappa shape index (κ1) is 19.8. The smallest absolute Gasteiger partial charge is 0.342 e. The highest BCUT2D eigenvalue weighted by Gasteiger charge is 2.29. The predicted octanol–water partition coefficient (Wildman–Crippen LogP) is 0.173. The van der Waals surface area contributed by atoms with Gasteiger partial charge in [0.15, 0.2) is 27.9 Å². The van der Waals surface area contributed by atoms with E-state index in [0.29, 0.717) is 17.9 Å². The Bertz CT molecular complexity index is 790. The van der Waals surface area contributed by atoms with Gasteiger partial charge in [-0.2, -0.15) is 0 Å². The van der Waals surface area contributed by atoms with Crippen LogP contribution in [0, 0.1) is 0 Å². The number of amides is 1. The van der Waals surface area contributed by atoms with Crippen molar-refractivity contribution in [2.45, 2.75) is 12.5 Å². The summed E-state index contributed by atoms with van der Waals surface area (Å²) < 4.78 is 43.2. The van der Waals surface area contributed by atoms with Crippen molar-refractivity contribution in [3.05, 3.63) is 17.7 Å². The molecule has 0 bridgehead atoms. The fourth-order valence-electron chi connectivity index (χ4n) is 2.58. The second kappa shape index (κ2) is 8.26. The minimum atomic E-state index is -3.10. The van der Waals surface area contributed by atoms with Crippen molar-refractivity contribution >= 4 is 21.7 Å². The van der Waals surface area contributed by atoms with Crippen LogP contribution in [0.25, 0.3) is 0 Å².